The number of benzene rings is 1. The maximum atomic E-state index is 10.8. The van der Waals surface area contributed by atoms with Crippen LogP contribution in [0.1, 0.15) is 0 Å². The quantitative estimate of drug-likeness (QED) is 0.572. The van der Waals surface area contributed by atoms with E-state index in [1.54, 1.807) is 12.1 Å². The molecule has 0 radical (unpaired) electrons. The molecular formula is C8H10O3S2. The van der Waals surface area contributed by atoms with E-state index in [2.05, 4.69) is 0 Å². The molecule has 0 N–H and O–H groups in total. The molecule has 0 atom stereocenters. The van der Waals surface area contributed by atoms with Gasteiger partial charge in [-0.2, -0.15) is 8.42 Å². The summed E-state index contributed by atoms with van der Waals surface area (Å²) in [6, 6.07) is 7.01. The van der Waals surface area contributed by atoms with Gasteiger partial charge in [0.15, 0.2) is 5.75 Å². The minimum Gasteiger partial charge on any atom is -0.381 e. The summed E-state index contributed by atoms with van der Waals surface area (Å²) in [4.78, 5) is 0.813. The van der Waals surface area contributed by atoms with Crippen LogP contribution in [0.5, 0.6) is 5.75 Å². The molecular weight excluding hydrogens is 208 g/mol. The van der Waals surface area contributed by atoms with Crippen LogP contribution < -0.4 is 4.18 Å². The zero-order valence-corrected chi connectivity index (χ0v) is 8.98. The molecule has 0 saturated carbocycles. The molecule has 13 heavy (non-hydrogen) atoms. The number of hydrogen-bond donors (Lipinski definition) is 0. The first-order valence-corrected chi connectivity index (χ1v) is 6.59. The van der Waals surface area contributed by atoms with Crippen molar-refractivity contribution >= 4 is 21.9 Å². The molecule has 0 amide bonds. The average Bonchev–Trinajstić information content (AvgIpc) is 2.02. The van der Waals surface area contributed by atoms with Crippen LogP contribution in [0.3, 0.4) is 0 Å². The lowest BCUT2D eigenvalue weighted by Crippen LogP contribution is -2.06. The molecule has 0 bridgehead atoms. The van der Waals surface area contributed by atoms with Crippen LogP contribution in [0, 0.1) is 0 Å². The highest BCUT2D eigenvalue weighted by atomic mass is 32.2. The van der Waals surface area contributed by atoms with E-state index in [4.69, 9.17) is 4.18 Å². The second kappa shape index (κ2) is 4.02. The predicted molar refractivity (Wildman–Crippen MR) is 53.7 cm³/mol. The molecule has 0 unspecified atom stereocenters. The molecule has 72 valence electrons. The van der Waals surface area contributed by atoms with E-state index in [0.717, 1.165) is 11.2 Å². The Balaban J connectivity index is 3.01. The van der Waals surface area contributed by atoms with Crippen molar-refractivity contribution in [3.63, 3.8) is 0 Å². The number of rotatable bonds is 3. The Morgan fingerprint density at radius 3 is 2.46 bits per heavy atom. The van der Waals surface area contributed by atoms with Crippen LogP contribution >= 0.6 is 11.8 Å². The molecule has 0 aliphatic rings. The van der Waals surface area contributed by atoms with Gasteiger partial charge in [-0.15, -0.1) is 11.8 Å². The van der Waals surface area contributed by atoms with E-state index >= 15 is 0 Å². The van der Waals surface area contributed by atoms with Gasteiger partial charge in [0.1, 0.15) is 0 Å². The largest absolute Gasteiger partial charge is 0.381 e. The van der Waals surface area contributed by atoms with Gasteiger partial charge >= 0.3 is 10.1 Å². The van der Waals surface area contributed by atoms with E-state index in [-0.39, 0.29) is 0 Å². The van der Waals surface area contributed by atoms with Crippen molar-refractivity contribution in [1.29, 1.82) is 0 Å². The lowest BCUT2D eigenvalue weighted by atomic mass is 10.3. The number of hydrogen-bond acceptors (Lipinski definition) is 4. The van der Waals surface area contributed by atoms with E-state index in [1.165, 1.54) is 11.8 Å². The zero-order valence-electron chi connectivity index (χ0n) is 7.35. The van der Waals surface area contributed by atoms with Crippen molar-refractivity contribution in [2.45, 2.75) is 4.90 Å². The molecule has 0 spiro atoms. The molecule has 0 heterocycles. The first kappa shape index (κ1) is 10.4. The third-order valence-electron chi connectivity index (χ3n) is 1.31. The standard InChI is InChI=1S/C8H10O3S2/c1-12-8-6-4-3-5-7(8)11-13(2,9)10/h3-6H,1-2H3. The maximum Gasteiger partial charge on any atom is 0.306 e. The minimum absolute atomic E-state index is 0.387. The molecule has 1 aromatic carbocycles. The number of para-hydroxylation sites is 1. The Labute approximate surface area is 82.2 Å². The van der Waals surface area contributed by atoms with Crippen molar-refractivity contribution in [2.24, 2.45) is 0 Å². The van der Waals surface area contributed by atoms with Gasteiger partial charge in [0.25, 0.3) is 0 Å². The molecule has 0 saturated heterocycles. The molecule has 0 aliphatic carbocycles. The van der Waals surface area contributed by atoms with E-state index in [0.29, 0.717) is 5.75 Å². The first-order valence-electron chi connectivity index (χ1n) is 3.55. The van der Waals surface area contributed by atoms with E-state index in [9.17, 15) is 8.42 Å². The smallest absolute Gasteiger partial charge is 0.306 e. The van der Waals surface area contributed by atoms with Gasteiger partial charge in [-0.05, 0) is 18.4 Å². The first-order chi connectivity index (χ1) is 6.03. The molecule has 0 aromatic heterocycles. The van der Waals surface area contributed by atoms with Crippen LogP contribution in [0.2, 0.25) is 0 Å². The highest BCUT2D eigenvalue weighted by Gasteiger charge is 2.07. The van der Waals surface area contributed by atoms with E-state index < -0.39 is 10.1 Å². The lowest BCUT2D eigenvalue weighted by Gasteiger charge is -2.06. The summed E-state index contributed by atoms with van der Waals surface area (Å²) in [5.74, 6) is 0.387. The molecule has 5 heteroatoms. The van der Waals surface area contributed by atoms with Gasteiger partial charge < -0.3 is 4.18 Å². The molecule has 3 nitrogen and oxygen atoms in total. The van der Waals surface area contributed by atoms with Gasteiger partial charge in [-0.1, -0.05) is 12.1 Å². The monoisotopic (exact) mass is 218 g/mol. The van der Waals surface area contributed by atoms with Crippen molar-refractivity contribution in [1.82, 2.24) is 0 Å². The van der Waals surface area contributed by atoms with Crippen molar-refractivity contribution in [2.75, 3.05) is 12.5 Å². The Morgan fingerprint density at radius 1 is 1.31 bits per heavy atom. The normalized spacial score (nSPS) is 11.2. The summed E-state index contributed by atoms with van der Waals surface area (Å²) in [6.07, 6.45) is 2.90. The second-order valence-corrected chi connectivity index (χ2v) is 4.86. The van der Waals surface area contributed by atoms with Gasteiger partial charge in [-0.25, -0.2) is 0 Å². The summed E-state index contributed by atoms with van der Waals surface area (Å²) >= 11 is 1.45. The summed E-state index contributed by atoms with van der Waals surface area (Å²) in [5.41, 5.74) is 0. The maximum absolute atomic E-state index is 10.8. The minimum atomic E-state index is -3.42. The fourth-order valence-electron chi connectivity index (χ4n) is 0.851. The molecule has 1 rings (SSSR count). The summed E-state index contributed by atoms with van der Waals surface area (Å²) in [7, 11) is -3.42. The van der Waals surface area contributed by atoms with Gasteiger partial charge in [-0.3, -0.25) is 0 Å². The Morgan fingerprint density at radius 2 is 1.92 bits per heavy atom. The lowest BCUT2D eigenvalue weighted by molar-refractivity contribution is 0.487. The van der Waals surface area contributed by atoms with Crippen molar-refractivity contribution in [3.8, 4) is 5.75 Å². The zero-order chi connectivity index (χ0) is 9.90. The Kier molecular flexibility index (Phi) is 3.22. The SMILES string of the molecule is CSc1ccccc1OS(C)(=O)=O. The predicted octanol–water partition coefficient (Wildman–Crippen LogP) is 1.75. The van der Waals surface area contributed by atoms with Crippen LogP contribution in [0.4, 0.5) is 0 Å². The summed E-state index contributed by atoms with van der Waals surface area (Å²) in [5, 5.41) is 0. The van der Waals surface area contributed by atoms with Crippen molar-refractivity contribution in [3.05, 3.63) is 24.3 Å². The Hall–Kier alpha value is -0.680. The molecule has 0 fully saturated rings. The van der Waals surface area contributed by atoms with E-state index in [1.807, 2.05) is 18.4 Å². The average molecular weight is 218 g/mol. The third kappa shape index (κ3) is 3.28. The fraction of sp³-hybridized carbons (Fsp3) is 0.250. The van der Waals surface area contributed by atoms with Crippen LogP contribution in [0.15, 0.2) is 29.2 Å². The van der Waals surface area contributed by atoms with Gasteiger partial charge in [0.2, 0.25) is 0 Å². The highest BCUT2D eigenvalue weighted by Crippen LogP contribution is 2.27. The third-order valence-corrected chi connectivity index (χ3v) is 2.57. The Bertz CT molecular complexity index is 384. The number of thioether (sulfide) groups is 1. The van der Waals surface area contributed by atoms with Gasteiger partial charge in [0, 0.05) is 0 Å². The fourth-order valence-corrected chi connectivity index (χ4v) is 1.90. The van der Waals surface area contributed by atoms with Crippen LogP contribution in [-0.2, 0) is 10.1 Å². The topological polar surface area (TPSA) is 43.4 Å². The second-order valence-electron chi connectivity index (χ2n) is 2.44. The van der Waals surface area contributed by atoms with Gasteiger partial charge in [0.05, 0.1) is 11.2 Å². The molecule has 1 aromatic rings. The highest BCUT2D eigenvalue weighted by molar-refractivity contribution is 7.98. The van der Waals surface area contributed by atoms with Crippen LogP contribution in [0.25, 0.3) is 0 Å². The summed E-state index contributed by atoms with van der Waals surface area (Å²) in [6.45, 7) is 0. The summed E-state index contributed by atoms with van der Waals surface area (Å²) < 4.78 is 26.4. The van der Waals surface area contributed by atoms with Crippen LogP contribution in [-0.4, -0.2) is 20.9 Å². The van der Waals surface area contributed by atoms with Crippen molar-refractivity contribution < 1.29 is 12.6 Å². The molecule has 0 aliphatic heterocycles.